The normalized spacial score (nSPS) is 14.1. The van der Waals surface area contributed by atoms with Gasteiger partial charge in [0.1, 0.15) is 18.6 Å². The van der Waals surface area contributed by atoms with E-state index in [4.69, 9.17) is 4.42 Å². The number of oxazole rings is 1. The highest BCUT2D eigenvalue weighted by atomic mass is 16.3. The third-order valence-corrected chi connectivity index (χ3v) is 2.82. The molecule has 0 amide bonds. The van der Waals surface area contributed by atoms with Gasteiger partial charge in [0.15, 0.2) is 6.39 Å². The molecule has 3 rings (SSSR count). The van der Waals surface area contributed by atoms with Crippen LogP contribution in [0.3, 0.4) is 0 Å². The molecule has 2 aromatic rings. The van der Waals surface area contributed by atoms with Gasteiger partial charge in [0.05, 0.1) is 0 Å². The SMILES string of the molecule is C1=CN(Cc2ccc(-c3cocn3)cc2)CN=C1. The van der Waals surface area contributed by atoms with Crippen LogP contribution in [0.1, 0.15) is 5.56 Å². The predicted molar refractivity (Wildman–Crippen MR) is 70.0 cm³/mol. The van der Waals surface area contributed by atoms with Crippen molar-refractivity contribution in [3.8, 4) is 11.3 Å². The number of hydrogen-bond donors (Lipinski definition) is 0. The molecule has 0 fully saturated rings. The van der Waals surface area contributed by atoms with Crippen molar-refractivity contribution < 1.29 is 4.42 Å². The van der Waals surface area contributed by atoms with Crippen molar-refractivity contribution in [3.05, 3.63) is 54.8 Å². The summed E-state index contributed by atoms with van der Waals surface area (Å²) in [5, 5.41) is 0. The molecular formula is C14H13N3O. The minimum absolute atomic E-state index is 0.724. The molecule has 1 aliphatic heterocycles. The van der Waals surface area contributed by atoms with Crippen molar-refractivity contribution >= 4 is 6.21 Å². The number of rotatable bonds is 3. The summed E-state index contributed by atoms with van der Waals surface area (Å²) < 4.78 is 4.98. The lowest BCUT2D eigenvalue weighted by atomic mass is 10.1. The number of aliphatic imine (C=N–C) groups is 1. The fraction of sp³-hybridized carbons (Fsp3) is 0.143. The molecule has 0 unspecified atom stereocenters. The maximum atomic E-state index is 4.98. The first-order valence-corrected chi connectivity index (χ1v) is 5.80. The zero-order valence-corrected chi connectivity index (χ0v) is 9.86. The summed E-state index contributed by atoms with van der Waals surface area (Å²) in [7, 11) is 0. The molecule has 1 aromatic carbocycles. The summed E-state index contributed by atoms with van der Waals surface area (Å²) in [4.78, 5) is 10.5. The van der Waals surface area contributed by atoms with Crippen LogP contribution >= 0.6 is 0 Å². The van der Waals surface area contributed by atoms with Crippen LogP contribution in [0.4, 0.5) is 0 Å². The highest BCUT2D eigenvalue weighted by molar-refractivity contribution is 5.71. The molecule has 1 aromatic heterocycles. The van der Waals surface area contributed by atoms with Gasteiger partial charge in [-0.1, -0.05) is 24.3 Å². The second-order valence-electron chi connectivity index (χ2n) is 4.13. The van der Waals surface area contributed by atoms with Crippen LogP contribution in [0.15, 0.2) is 58.6 Å². The van der Waals surface area contributed by atoms with Gasteiger partial charge in [-0.2, -0.15) is 0 Å². The fourth-order valence-corrected chi connectivity index (χ4v) is 1.89. The molecule has 90 valence electrons. The Morgan fingerprint density at radius 1 is 1.22 bits per heavy atom. The zero-order valence-electron chi connectivity index (χ0n) is 9.86. The van der Waals surface area contributed by atoms with Gasteiger partial charge in [0.2, 0.25) is 0 Å². The van der Waals surface area contributed by atoms with E-state index in [0.29, 0.717) is 0 Å². The van der Waals surface area contributed by atoms with Crippen molar-refractivity contribution in [2.75, 3.05) is 6.67 Å². The highest BCUT2D eigenvalue weighted by Gasteiger charge is 2.04. The molecule has 0 radical (unpaired) electrons. The Kier molecular flexibility index (Phi) is 2.92. The number of benzene rings is 1. The Balaban J connectivity index is 1.71. The van der Waals surface area contributed by atoms with E-state index in [1.165, 1.54) is 12.0 Å². The molecule has 4 heteroatoms. The van der Waals surface area contributed by atoms with Gasteiger partial charge in [-0.3, -0.25) is 4.99 Å². The van der Waals surface area contributed by atoms with E-state index >= 15 is 0 Å². The fourth-order valence-electron chi connectivity index (χ4n) is 1.89. The lowest BCUT2D eigenvalue weighted by Gasteiger charge is -2.19. The number of hydrogen-bond acceptors (Lipinski definition) is 4. The van der Waals surface area contributed by atoms with Crippen LogP contribution < -0.4 is 0 Å². The Morgan fingerprint density at radius 2 is 2.11 bits per heavy atom. The quantitative estimate of drug-likeness (QED) is 0.827. The van der Waals surface area contributed by atoms with Crippen LogP contribution in [0.5, 0.6) is 0 Å². The van der Waals surface area contributed by atoms with Gasteiger partial charge in [-0.15, -0.1) is 0 Å². The average molecular weight is 239 g/mol. The number of allylic oxidation sites excluding steroid dienone is 1. The minimum Gasteiger partial charge on any atom is -0.451 e. The largest absolute Gasteiger partial charge is 0.451 e. The van der Waals surface area contributed by atoms with E-state index in [0.717, 1.165) is 24.5 Å². The first kappa shape index (κ1) is 10.8. The molecule has 1 aliphatic rings. The molecule has 0 N–H and O–H groups in total. The van der Waals surface area contributed by atoms with Crippen molar-refractivity contribution in [2.45, 2.75) is 6.54 Å². The smallest absolute Gasteiger partial charge is 0.181 e. The molecule has 0 saturated heterocycles. The first-order valence-electron chi connectivity index (χ1n) is 5.80. The second-order valence-corrected chi connectivity index (χ2v) is 4.13. The average Bonchev–Trinajstić information content (AvgIpc) is 2.95. The molecule has 0 aliphatic carbocycles. The predicted octanol–water partition coefficient (Wildman–Crippen LogP) is 2.70. The lowest BCUT2D eigenvalue weighted by molar-refractivity contribution is 0.379. The van der Waals surface area contributed by atoms with Crippen LogP contribution in [-0.2, 0) is 6.54 Å². The van der Waals surface area contributed by atoms with Gasteiger partial charge in [0.25, 0.3) is 0 Å². The topological polar surface area (TPSA) is 41.6 Å². The van der Waals surface area contributed by atoms with Gasteiger partial charge in [0, 0.05) is 24.5 Å². The Hall–Kier alpha value is -2.36. The second kappa shape index (κ2) is 4.87. The van der Waals surface area contributed by atoms with E-state index in [9.17, 15) is 0 Å². The number of aromatic nitrogens is 1. The van der Waals surface area contributed by atoms with Crippen molar-refractivity contribution in [3.63, 3.8) is 0 Å². The van der Waals surface area contributed by atoms with Gasteiger partial charge in [-0.25, -0.2) is 4.98 Å². The molecule has 0 atom stereocenters. The van der Waals surface area contributed by atoms with Gasteiger partial charge >= 0.3 is 0 Å². The van der Waals surface area contributed by atoms with E-state index in [-0.39, 0.29) is 0 Å². The molecular weight excluding hydrogens is 226 g/mol. The van der Waals surface area contributed by atoms with Crippen LogP contribution in [0, 0.1) is 0 Å². The summed E-state index contributed by atoms with van der Waals surface area (Å²) in [6.07, 6.45) is 8.92. The Labute approximate surface area is 105 Å². The number of nitrogens with zero attached hydrogens (tertiary/aromatic N) is 3. The van der Waals surface area contributed by atoms with Crippen LogP contribution in [0.25, 0.3) is 11.3 Å². The maximum absolute atomic E-state index is 4.98. The van der Waals surface area contributed by atoms with E-state index in [2.05, 4.69) is 45.3 Å². The highest BCUT2D eigenvalue weighted by Crippen LogP contribution is 2.18. The lowest BCUT2D eigenvalue weighted by Crippen LogP contribution is -2.18. The minimum atomic E-state index is 0.724. The first-order chi connectivity index (χ1) is 8.92. The molecule has 4 nitrogen and oxygen atoms in total. The third kappa shape index (κ3) is 2.32. The molecule has 18 heavy (non-hydrogen) atoms. The Morgan fingerprint density at radius 3 is 2.78 bits per heavy atom. The van der Waals surface area contributed by atoms with E-state index in [1.807, 2.05) is 12.3 Å². The van der Waals surface area contributed by atoms with Crippen molar-refractivity contribution in [2.24, 2.45) is 4.99 Å². The summed E-state index contributed by atoms with van der Waals surface area (Å²) in [6, 6.07) is 8.33. The van der Waals surface area contributed by atoms with Crippen molar-refractivity contribution in [1.82, 2.24) is 9.88 Å². The standard InChI is InChI=1S/C14H13N3O/c1-6-15-10-17(7-1)8-12-2-4-13(5-3-12)14-9-18-11-16-14/h1-7,9,11H,8,10H2. The molecule has 0 bridgehead atoms. The summed E-state index contributed by atoms with van der Waals surface area (Å²) in [5.41, 5.74) is 3.19. The summed E-state index contributed by atoms with van der Waals surface area (Å²) in [5.74, 6) is 0. The van der Waals surface area contributed by atoms with Crippen LogP contribution in [0.2, 0.25) is 0 Å². The maximum Gasteiger partial charge on any atom is 0.181 e. The van der Waals surface area contributed by atoms with Crippen LogP contribution in [-0.4, -0.2) is 22.8 Å². The van der Waals surface area contributed by atoms with Crippen molar-refractivity contribution in [1.29, 1.82) is 0 Å². The van der Waals surface area contributed by atoms with Gasteiger partial charge < -0.3 is 9.32 Å². The zero-order chi connectivity index (χ0) is 12.2. The monoisotopic (exact) mass is 239 g/mol. The van der Waals surface area contributed by atoms with E-state index < -0.39 is 0 Å². The Bertz CT molecular complexity index is 555. The summed E-state index contributed by atoms with van der Waals surface area (Å²) >= 11 is 0. The third-order valence-electron chi connectivity index (χ3n) is 2.82. The molecule has 0 saturated carbocycles. The van der Waals surface area contributed by atoms with E-state index in [1.54, 1.807) is 6.26 Å². The summed E-state index contributed by atoms with van der Waals surface area (Å²) in [6.45, 7) is 1.59. The molecule has 2 heterocycles. The van der Waals surface area contributed by atoms with Gasteiger partial charge in [-0.05, 0) is 11.6 Å². The molecule has 0 spiro atoms.